The fourth-order valence-corrected chi connectivity index (χ4v) is 3.38. The topological polar surface area (TPSA) is 103 Å². The molecule has 7 nitrogen and oxygen atoms in total. The van der Waals surface area contributed by atoms with Crippen LogP contribution < -0.4 is 21.2 Å². The Hall–Kier alpha value is -4.13. The van der Waals surface area contributed by atoms with Crippen molar-refractivity contribution in [1.29, 1.82) is 0 Å². The Kier molecular flexibility index (Phi) is 5.17. The van der Waals surface area contributed by atoms with Crippen molar-refractivity contribution in [1.82, 2.24) is 4.57 Å². The van der Waals surface area contributed by atoms with Crippen molar-refractivity contribution >= 4 is 39.3 Å². The summed E-state index contributed by atoms with van der Waals surface area (Å²) >= 11 is 0. The number of hydrogen-bond acceptors (Lipinski definition) is 4. The Labute approximate surface area is 171 Å². The van der Waals surface area contributed by atoms with Crippen molar-refractivity contribution in [2.45, 2.75) is 6.54 Å². The van der Waals surface area contributed by atoms with E-state index in [1.54, 1.807) is 36.4 Å². The number of nitrogens with two attached hydrogens (primary N) is 1. The molecule has 0 aliphatic carbocycles. The van der Waals surface area contributed by atoms with Crippen LogP contribution in [0, 0.1) is 0 Å². The molecule has 2 amide bonds. The molecule has 0 aliphatic rings. The summed E-state index contributed by atoms with van der Waals surface area (Å²) in [6.45, 7) is -0.167. The fraction of sp³-hybridized carbons (Fsp3) is 0.0870. The number of fused-ring (bicyclic) bond motifs is 2. The molecule has 0 spiro atoms. The summed E-state index contributed by atoms with van der Waals surface area (Å²) in [6, 6.07) is 21.1. The first-order valence-electron chi connectivity index (χ1n) is 9.34. The molecule has 0 bridgehead atoms. The van der Waals surface area contributed by atoms with Gasteiger partial charge in [-0.05, 0) is 48.5 Å². The van der Waals surface area contributed by atoms with E-state index in [-0.39, 0.29) is 24.5 Å². The van der Waals surface area contributed by atoms with Crippen LogP contribution in [0.1, 0.15) is 0 Å². The molecule has 0 radical (unpaired) electrons. The average molecular weight is 401 g/mol. The van der Waals surface area contributed by atoms with Gasteiger partial charge in [-0.1, -0.05) is 24.3 Å². The van der Waals surface area contributed by atoms with Crippen LogP contribution in [-0.4, -0.2) is 23.0 Å². The summed E-state index contributed by atoms with van der Waals surface area (Å²) in [5, 5.41) is 3.98. The van der Waals surface area contributed by atoms with Gasteiger partial charge in [0, 0.05) is 16.5 Å². The standard InChI is InChI=1S/C23H19N3O4/c24-21(27)14-30-16-11-9-15(10-12-16)25-22(28)13-26-19-7-3-1-5-17(19)23(29)18-6-2-4-8-20(18)26/h1-12H,13-14H2,(H2,24,27)(H,25,28). The van der Waals surface area contributed by atoms with E-state index in [4.69, 9.17) is 10.5 Å². The Morgan fingerprint density at radius 1 is 0.867 bits per heavy atom. The first-order valence-corrected chi connectivity index (χ1v) is 9.34. The monoisotopic (exact) mass is 401 g/mol. The molecule has 1 aromatic heterocycles. The number of benzene rings is 3. The van der Waals surface area contributed by atoms with Gasteiger partial charge >= 0.3 is 0 Å². The van der Waals surface area contributed by atoms with E-state index in [1.165, 1.54) is 0 Å². The van der Waals surface area contributed by atoms with Crippen molar-refractivity contribution in [2.75, 3.05) is 11.9 Å². The van der Waals surface area contributed by atoms with Gasteiger partial charge in [0.1, 0.15) is 12.3 Å². The van der Waals surface area contributed by atoms with E-state index in [0.717, 1.165) is 0 Å². The van der Waals surface area contributed by atoms with E-state index >= 15 is 0 Å². The maximum absolute atomic E-state index is 12.8. The van der Waals surface area contributed by atoms with E-state index in [1.807, 2.05) is 41.0 Å². The number of pyridine rings is 1. The number of hydrogen-bond donors (Lipinski definition) is 2. The first kappa shape index (κ1) is 19.2. The quantitative estimate of drug-likeness (QED) is 0.485. The number of rotatable bonds is 6. The second kappa shape index (κ2) is 8.08. The molecule has 7 heteroatoms. The fourth-order valence-electron chi connectivity index (χ4n) is 3.38. The Morgan fingerprint density at radius 2 is 1.43 bits per heavy atom. The third-order valence-electron chi connectivity index (χ3n) is 4.70. The van der Waals surface area contributed by atoms with Gasteiger partial charge in [0.25, 0.3) is 5.91 Å². The van der Waals surface area contributed by atoms with Gasteiger partial charge in [0.2, 0.25) is 5.91 Å². The molecule has 4 aromatic rings. The minimum atomic E-state index is -0.562. The summed E-state index contributed by atoms with van der Waals surface area (Å²) in [7, 11) is 0. The van der Waals surface area contributed by atoms with Gasteiger partial charge in [-0.3, -0.25) is 14.4 Å². The van der Waals surface area contributed by atoms with Crippen LogP contribution >= 0.6 is 0 Å². The largest absolute Gasteiger partial charge is 0.484 e. The molecule has 0 saturated carbocycles. The molecule has 0 fully saturated rings. The van der Waals surface area contributed by atoms with Crippen LogP contribution in [0.25, 0.3) is 21.8 Å². The number of anilines is 1. The first-order chi connectivity index (χ1) is 14.5. The highest BCUT2D eigenvalue weighted by Gasteiger charge is 2.13. The van der Waals surface area contributed by atoms with Gasteiger partial charge in [-0.2, -0.15) is 0 Å². The van der Waals surface area contributed by atoms with E-state index < -0.39 is 5.91 Å². The minimum Gasteiger partial charge on any atom is -0.484 e. The van der Waals surface area contributed by atoms with Gasteiger partial charge in [0.05, 0.1) is 11.0 Å². The molecule has 150 valence electrons. The predicted molar refractivity (Wildman–Crippen MR) is 115 cm³/mol. The van der Waals surface area contributed by atoms with Gasteiger partial charge < -0.3 is 20.4 Å². The van der Waals surface area contributed by atoms with Gasteiger partial charge in [-0.15, -0.1) is 0 Å². The molecule has 0 atom stereocenters. The number of carbonyl (C=O) groups excluding carboxylic acids is 2. The van der Waals surface area contributed by atoms with Crippen LogP contribution in [0.2, 0.25) is 0 Å². The number of aromatic nitrogens is 1. The summed E-state index contributed by atoms with van der Waals surface area (Å²) in [5.74, 6) is -0.322. The van der Waals surface area contributed by atoms with Gasteiger partial charge in [0.15, 0.2) is 12.0 Å². The summed E-state index contributed by atoms with van der Waals surface area (Å²) in [6.07, 6.45) is 0. The van der Waals surface area contributed by atoms with Gasteiger partial charge in [-0.25, -0.2) is 0 Å². The third kappa shape index (κ3) is 3.86. The second-order valence-corrected chi connectivity index (χ2v) is 6.78. The second-order valence-electron chi connectivity index (χ2n) is 6.78. The highest BCUT2D eigenvalue weighted by molar-refractivity contribution is 5.97. The lowest BCUT2D eigenvalue weighted by atomic mass is 10.1. The lowest BCUT2D eigenvalue weighted by Crippen LogP contribution is -2.21. The molecule has 0 saturated heterocycles. The SMILES string of the molecule is NC(=O)COc1ccc(NC(=O)Cn2c3ccccc3c(=O)c3ccccc32)cc1. The number of para-hydroxylation sites is 2. The normalized spacial score (nSPS) is 10.8. The number of primary amides is 1. The molecule has 4 rings (SSSR count). The molecule has 0 aliphatic heterocycles. The van der Waals surface area contributed by atoms with E-state index in [0.29, 0.717) is 33.2 Å². The number of amides is 2. The highest BCUT2D eigenvalue weighted by atomic mass is 16.5. The van der Waals surface area contributed by atoms with Crippen LogP contribution in [-0.2, 0) is 16.1 Å². The van der Waals surface area contributed by atoms with Crippen LogP contribution in [0.3, 0.4) is 0 Å². The zero-order chi connectivity index (χ0) is 21.1. The minimum absolute atomic E-state index is 0.0429. The van der Waals surface area contributed by atoms with Crippen LogP contribution in [0.15, 0.2) is 77.6 Å². The highest BCUT2D eigenvalue weighted by Crippen LogP contribution is 2.20. The number of nitrogens with one attached hydrogen (secondary N) is 1. The average Bonchev–Trinajstić information content (AvgIpc) is 2.76. The van der Waals surface area contributed by atoms with Crippen molar-refractivity contribution < 1.29 is 14.3 Å². The summed E-state index contributed by atoms with van der Waals surface area (Å²) in [4.78, 5) is 36.3. The predicted octanol–water partition coefficient (Wildman–Crippen LogP) is 2.66. The summed E-state index contributed by atoms with van der Waals surface area (Å²) in [5.41, 5.74) is 6.99. The lowest BCUT2D eigenvalue weighted by molar-refractivity contribution is -0.120. The molecular formula is C23H19N3O4. The third-order valence-corrected chi connectivity index (χ3v) is 4.70. The van der Waals surface area contributed by atoms with Crippen molar-refractivity contribution in [3.8, 4) is 5.75 Å². The van der Waals surface area contributed by atoms with Crippen molar-refractivity contribution in [3.63, 3.8) is 0 Å². The molecule has 1 heterocycles. The molecule has 3 aromatic carbocycles. The smallest absolute Gasteiger partial charge is 0.255 e. The maximum atomic E-state index is 12.8. The van der Waals surface area contributed by atoms with Crippen LogP contribution in [0.4, 0.5) is 5.69 Å². The lowest BCUT2D eigenvalue weighted by Gasteiger charge is -2.15. The van der Waals surface area contributed by atoms with E-state index in [2.05, 4.69) is 5.32 Å². The Bertz CT molecular complexity index is 1250. The summed E-state index contributed by atoms with van der Waals surface area (Å²) < 4.78 is 7.05. The molecular weight excluding hydrogens is 382 g/mol. The van der Waals surface area contributed by atoms with Crippen LogP contribution in [0.5, 0.6) is 5.75 Å². The molecule has 30 heavy (non-hydrogen) atoms. The molecule has 3 N–H and O–H groups in total. The van der Waals surface area contributed by atoms with E-state index in [9.17, 15) is 14.4 Å². The van der Waals surface area contributed by atoms with Crippen molar-refractivity contribution in [3.05, 3.63) is 83.0 Å². The Morgan fingerprint density at radius 3 is 2.00 bits per heavy atom. The maximum Gasteiger partial charge on any atom is 0.255 e. The number of carbonyl (C=O) groups is 2. The van der Waals surface area contributed by atoms with Crippen molar-refractivity contribution in [2.24, 2.45) is 5.73 Å². The Balaban J connectivity index is 1.61. The zero-order valence-corrected chi connectivity index (χ0v) is 16.0. The zero-order valence-electron chi connectivity index (χ0n) is 16.0. The number of nitrogens with zero attached hydrogens (tertiary/aromatic N) is 1. The number of ether oxygens (including phenoxy) is 1. The molecule has 0 unspecified atom stereocenters.